The predicted molar refractivity (Wildman–Crippen MR) is 176 cm³/mol. The van der Waals surface area contributed by atoms with Crippen LogP contribution in [0.3, 0.4) is 0 Å². The molecule has 5 heterocycles. The average molecular weight is 568 g/mol. The molecule has 7 heteroatoms. The van der Waals surface area contributed by atoms with Crippen LogP contribution < -0.4 is 21.7 Å². The Bertz CT molecular complexity index is 2950. The van der Waals surface area contributed by atoms with Crippen LogP contribution in [0.2, 0.25) is 0 Å². The van der Waals surface area contributed by atoms with Crippen LogP contribution in [0, 0.1) is 0 Å². The van der Waals surface area contributed by atoms with Crippen LogP contribution in [0.15, 0.2) is 122 Å². The van der Waals surface area contributed by atoms with Gasteiger partial charge in [0, 0.05) is 32.3 Å². The Balaban J connectivity index is 1.66. The van der Waals surface area contributed by atoms with Gasteiger partial charge in [0.05, 0.1) is 49.4 Å². The molecule has 7 nitrogen and oxygen atoms in total. The highest BCUT2D eigenvalue weighted by atomic mass is 16.1. The van der Waals surface area contributed by atoms with Gasteiger partial charge in [0.2, 0.25) is 5.43 Å². The van der Waals surface area contributed by atoms with Gasteiger partial charge < -0.3 is 8.80 Å². The zero-order valence-corrected chi connectivity index (χ0v) is 22.8. The fourth-order valence-corrected chi connectivity index (χ4v) is 7.33. The maximum Gasteiger partial charge on any atom is 0.215 e. The van der Waals surface area contributed by atoms with Crippen molar-refractivity contribution in [1.82, 2.24) is 13.8 Å². The van der Waals surface area contributed by atoms with Crippen molar-refractivity contribution in [2.45, 2.75) is 0 Å². The first-order chi connectivity index (χ1) is 21.5. The average Bonchev–Trinajstić information content (AvgIpc) is 3.07. The van der Waals surface area contributed by atoms with Crippen molar-refractivity contribution in [3.63, 3.8) is 0 Å². The lowest BCUT2D eigenvalue weighted by Gasteiger charge is -2.18. The summed E-state index contributed by atoms with van der Waals surface area (Å²) in [7, 11) is 0. The van der Waals surface area contributed by atoms with E-state index in [1.54, 1.807) is 48.5 Å². The molecule has 0 aliphatic rings. The van der Waals surface area contributed by atoms with Crippen LogP contribution in [0.5, 0.6) is 0 Å². The predicted octanol–water partition coefficient (Wildman–Crippen LogP) is 5.98. The van der Waals surface area contributed by atoms with Crippen molar-refractivity contribution < 1.29 is 0 Å². The van der Waals surface area contributed by atoms with Gasteiger partial charge in [0.15, 0.2) is 16.3 Å². The fraction of sp³-hybridized carbons (Fsp3) is 0. The smallest absolute Gasteiger partial charge is 0.215 e. The Hall–Kier alpha value is -6.21. The largest absolute Gasteiger partial charge is 0.307 e. The molecule has 10 rings (SSSR count). The molecule has 0 unspecified atom stereocenters. The number of nitrogens with zero attached hydrogens (tertiary/aromatic N) is 3. The summed E-state index contributed by atoms with van der Waals surface area (Å²) in [6.07, 6.45) is 0. The monoisotopic (exact) mass is 567 g/mol. The molecular formula is C37H17N3O4. The second-order valence-corrected chi connectivity index (χ2v) is 11.3. The zero-order chi connectivity index (χ0) is 29.4. The summed E-state index contributed by atoms with van der Waals surface area (Å²) < 4.78 is 3.85. The molecule has 44 heavy (non-hydrogen) atoms. The van der Waals surface area contributed by atoms with Gasteiger partial charge in [-0.2, -0.15) is 0 Å². The summed E-state index contributed by atoms with van der Waals surface area (Å²) in [6.45, 7) is 0. The van der Waals surface area contributed by atoms with Crippen LogP contribution in [0.25, 0.3) is 87.2 Å². The number of rotatable bonds is 0. The van der Waals surface area contributed by atoms with E-state index in [4.69, 9.17) is 4.98 Å². The van der Waals surface area contributed by atoms with Crippen LogP contribution >= 0.6 is 0 Å². The molecule has 0 atom stereocenters. The highest BCUT2D eigenvalue weighted by Gasteiger charge is 2.25. The molecule has 0 saturated carbocycles. The molecule has 5 aromatic carbocycles. The highest BCUT2D eigenvalue weighted by Crippen LogP contribution is 2.36. The maximum absolute atomic E-state index is 14.4. The van der Waals surface area contributed by atoms with Crippen molar-refractivity contribution >= 4 is 87.2 Å². The first kappa shape index (κ1) is 23.4. The number of para-hydroxylation sites is 4. The number of hydrogen-bond donors (Lipinski definition) is 0. The van der Waals surface area contributed by atoms with E-state index in [9.17, 15) is 19.2 Å². The molecule has 10 aromatic rings. The van der Waals surface area contributed by atoms with E-state index in [0.29, 0.717) is 65.4 Å². The minimum absolute atomic E-state index is 0.103. The van der Waals surface area contributed by atoms with E-state index < -0.39 is 0 Å². The summed E-state index contributed by atoms with van der Waals surface area (Å²) in [6, 6.07) is 30.8. The lowest BCUT2D eigenvalue weighted by Crippen LogP contribution is -2.18. The van der Waals surface area contributed by atoms with Crippen molar-refractivity contribution in [3.05, 3.63) is 144 Å². The third-order valence-corrected chi connectivity index (χ3v) is 9.15. The van der Waals surface area contributed by atoms with E-state index in [0.717, 1.165) is 0 Å². The summed E-state index contributed by atoms with van der Waals surface area (Å²) in [4.78, 5) is 62.1. The van der Waals surface area contributed by atoms with E-state index in [1.165, 1.54) is 0 Å². The van der Waals surface area contributed by atoms with Gasteiger partial charge >= 0.3 is 0 Å². The van der Waals surface area contributed by atoms with Crippen LogP contribution in [-0.4, -0.2) is 13.8 Å². The fourth-order valence-electron chi connectivity index (χ4n) is 7.33. The Morgan fingerprint density at radius 3 is 1.36 bits per heavy atom. The van der Waals surface area contributed by atoms with Crippen LogP contribution in [-0.2, 0) is 0 Å². The molecule has 0 bridgehead atoms. The normalized spacial score (nSPS) is 12.5. The van der Waals surface area contributed by atoms with Gasteiger partial charge in [-0.3, -0.25) is 19.2 Å². The highest BCUT2D eigenvalue weighted by molar-refractivity contribution is 6.25. The minimum atomic E-state index is -0.325. The molecule has 0 saturated heterocycles. The molecular weight excluding hydrogens is 550 g/mol. The summed E-state index contributed by atoms with van der Waals surface area (Å²) in [5.74, 6) is 0. The zero-order valence-electron chi connectivity index (χ0n) is 22.8. The standard InChI is InChI=1S/C37H17N3O4/c41-34-18-9-1-5-13-24(18)39-25-14-6-3-11-20(25)36(43)29-30-22(17-23(34)32(29)39)28-33-31(38-30)37(44)21-12-4-8-16-27(21)40(33)26-15-7-2-10-19(26)35(28)42/h1-17H. The molecule has 0 fully saturated rings. The van der Waals surface area contributed by atoms with Crippen LogP contribution in [0.4, 0.5) is 0 Å². The van der Waals surface area contributed by atoms with Gasteiger partial charge in [0.1, 0.15) is 5.52 Å². The van der Waals surface area contributed by atoms with Gasteiger partial charge in [-0.1, -0.05) is 48.5 Å². The first-order valence-electron chi connectivity index (χ1n) is 14.2. The van der Waals surface area contributed by atoms with Gasteiger partial charge in [-0.15, -0.1) is 0 Å². The lowest BCUT2D eigenvalue weighted by atomic mass is 9.96. The van der Waals surface area contributed by atoms with Gasteiger partial charge in [-0.25, -0.2) is 4.98 Å². The lowest BCUT2D eigenvalue weighted by molar-refractivity contribution is 1.29. The van der Waals surface area contributed by atoms with E-state index in [-0.39, 0.29) is 43.5 Å². The minimum Gasteiger partial charge on any atom is -0.307 e. The van der Waals surface area contributed by atoms with E-state index >= 15 is 0 Å². The van der Waals surface area contributed by atoms with Crippen molar-refractivity contribution in [1.29, 1.82) is 0 Å². The SMILES string of the molecule is O=c1c2ccccc2n2c3ccccc3c(=O)c3c4nc5c(=O)c6ccccc6n6c7ccccc7c(=O)c(c4cc1c32)c56. The van der Waals surface area contributed by atoms with Crippen molar-refractivity contribution in [2.24, 2.45) is 0 Å². The number of pyridine rings is 5. The quantitative estimate of drug-likeness (QED) is 0.166. The molecule has 5 aromatic heterocycles. The first-order valence-corrected chi connectivity index (χ1v) is 14.2. The molecule has 0 N–H and O–H groups in total. The number of fused-ring (bicyclic) bond motifs is 11. The molecule has 204 valence electrons. The Kier molecular flexibility index (Phi) is 4.14. The van der Waals surface area contributed by atoms with E-state index in [1.807, 2.05) is 63.4 Å². The van der Waals surface area contributed by atoms with E-state index in [2.05, 4.69) is 0 Å². The third kappa shape index (κ3) is 2.57. The maximum atomic E-state index is 14.4. The molecule has 0 aliphatic carbocycles. The second-order valence-electron chi connectivity index (χ2n) is 11.3. The topological polar surface area (TPSA) is 90.0 Å². The third-order valence-electron chi connectivity index (χ3n) is 9.15. The van der Waals surface area contributed by atoms with Crippen LogP contribution in [0.1, 0.15) is 0 Å². The molecule has 0 amide bonds. The Morgan fingerprint density at radius 2 is 0.818 bits per heavy atom. The number of benzene rings is 5. The molecule has 0 aliphatic heterocycles. The number of hydrogen-bond acceptors (Lipinski definition) is 5. The van der Waals surface area contributed by atoms with Gasteiger partial charge in [0.25, 0.3) is 0 Å². The molecule has 0 spiro atoms. The Morgan fingerprint density at radius 1 is 0.386 bits per heavy atom. The molecule has 0 radical (unpaired) electrons. The number of aromatic nitrogens is 3. The summed E-state index contributed by atoms with van der Waals surface area (Å²) in [5.41, 5.74) is 2.58. The summed E-state index contributed by atoms with van der Waals surface area (Å²) >= 11 is 0. The Labute approximate surface area is 244 Å². The van der Waals surface area contributed by atoms with Crippen molar-refractivity contribution in [2.75, 3.05) is 0 Å². The van der Waals surface area contributed by atoms with Crippen molar-refractivity contribution in [3.8, 4) is 0 Å². The van der Waals surface area contributed by atoms with Gasteiger partial charge in [-0.05, 0) is 54.6 Å². The summed E-state index contributed by atoms with van der Waals surface area (Å²) in [5, 5.41) is 3.02. The second kappa shape index (κ2) is 7.79.